The van der Waals surface area contributed by atoms with Crippen LogP contribution in [0, 0.1) is 0 Å². The number of fused-ring (bicyclic) bond motifs is 3. The van der Waals surface area contributed by atoms with Crippen LogP contribution in [0.4, 0.5) is 0 Å². The first-order chi connectivity index (χ1) is 25.8. The van der Waals surface area contributed by atoms with Crippen molar-refractivity contribution in [1.29, 1.82) is 0 Å². The fraction of sp³-hybridized carbons (Fsp3) is 0. The van der Waals surface area contributed by atoms with Gasteiger partial charge in [0, 0.05) is 54.6 Å². The summed E-state index contributed by atoms with van der Waals surface area (Å²) in [5.41, 5.74) is -5.41. The van der Waals surface area contributed by atoms with E-state index in [1.54, 1.807) is 0 Å². The summed E-state index contributed by atoms with van der Waals surface area (Å²) in [5.74, 6) is -28.8. The van der Waals surface area contributed by atoms with E-state index in [9.17, 15) is 97.0 Å². The molecule has 7 aromatic carbocycles. The molecule has 19 heteroatoms. The van der Waals surface area contributed by atoms with Crippen molar-refractivity contribution in [3.8, 4) is 143 Å². The van der Waals surface area contributed by atoms with Gasteiger partial charge >= 0.3 is 0 Å². The lowest BCUT2D eigenvalue weighted by Gasteiger charge is -2.25. The molecule has 0 heterocycles. The van der Waals surface area contributed by atoms with Gasteiger partial charge in [-0.3, -0.25) is 0 Å². The van der Waals surface area contributed by atoms with E-state index in [1.807, 2.05) is 0 Å². The zero-order valence-electron chi connectivity index (χ0n) is 26.9. The Bertz CT molecular complexity index is 2790. The Balaban J connectivity index is 1.95. The lowest BCUT2D eigenvalue weighted by molar-refractivity contribution is 0.330. The van der Waals surface area contributed by atoms with Crippen molar-refractivity contribution in [2.45, 2.75) is 0 Å². The highest BCUT2D eigenvalue weighted by Crippen LogP contribution is 2.68. The summed E-state index contributed by atoms with van der Waals surface area (Å²) in [6.45, 7) is 0. The number of phenolic OH excluding ortho intramolecular Hbond substituents is 19. The monoisotopic (exact) mass is 760 g/mol. The molecule has 0 atom stereocenters. The molecule has 0 bridgehead atoms. The van der Waals surface area contributed by atoms with E-state index in [-0.39, 0.29) is 5.56 Å². The Morgan fingerprint density at radius 1 is 0.182 bits per heavy atom. The maximum absolute atomic E-state index is 11.9. The molecule has 282 valence electrons. The maximum Gasteiger partial charge on any atom is 0.208 e. The van der Waals surface area contributed by atoms with Crippen LogP contribution in [0.25, 0.3) is 65.7 Å². The van der Waals surface area contributed by atoms with Gasteiger partial charge in [-0.2, -0.15) is 0 Å². The Labute approximate surface area is 302 Å². The molecule has 0 spiro atoms. The molecule has 0 saturated carbocycles. The predicted molar refractivity (Wildman–Crippen MR) is 187 cm³/mol. The van der Waals surface area contributed by atoms with Gasteiger partial charge in [-0.25, -0.2) is 0 Å². The number of phenols is 19. The van der Waals surface area contributed by atoms with Crippen molar-refractivity contribution >= 4 is 32.3 Å². The zero-order chi connectivity index (χ0) is 40.4. The number of aromatic hydroxyl groups is 19. The molecule has 0 aliphatic rings. The van der Waals surface area contributed by atoms with E-state index in [4.69, 9.17) is 0 Å². The van der Waals surface area contributed by atoms with Gasteiger partial charge in [0.05, 0.1) is 5.56 Å². The third-order valence-electron chi connectivity index (χ3n) is 9.32. The van der Waals surface area contributed by atoms with Crippen LogP contribution in [-0.2, 0) is 0 Å². The van der Waals surface area contributed by atoms with Crippen LogP contribution in [-0.4, -0.2) is 97.0 Å². The summed E-state index contributed by atoms with van der Waals surface area (Å²) in [6, 6.07) is 7.03. The third kappa shape index (κ3) is 4.19. The summed E-state index contributed by atoms with van der Waals surface area (Å²) in [4.78, 5) is 0. The molecule has 55 heavy (non-hydrogen) atoms. The Hall–Kier alpha value is -8.48. The van der Waals surface area contributed by atoms with Crippen molar-refractivity contribution in [2.75, 3.05) is 0 Å². The molecule has 7 aromatic rings. The van der Waals surface area contributed by atoms with Crippen LogP contribution in [0.2, 0.25) is 0 Å². The molecule has 0 fully saturated rings. The molecule has 7 rings (SSSR count). The number of hydrogen-bond acceptors (Lipinski definition) is 19. The number of benzene rings is 7. The lowest BCUT2D eigenvalue weighted by Crippen LogP contribution is -1.97. The summed E-state index contributed by atoms with van der Waals surface area (Å²) >= 11 is 0. The zero-order valence-corrected chi connectivity index (χ0v) is 26.9. The van der Waals surface area contributed by atoms with Gasteiger partial charge in [-0.1, -0.05) is 30.3 Å². The van der Waals surface area contributed by atoms with Crippen LogP contribution in [0.15, 0.2) is 30.3 Å². The van der Waals surface area contributed by atoms with Crippen LogP contribution in [0.1, 0.15) is 0 Å². The van der Waals surface area contributed by atoms with Crippen LogP contribution >= 0.6 is 0 Å². The molecule has 0 aliphatic carbocycles. The van der Waals surface area contributed by atoms with Crippen molar-refractivity contribution < 1.29 is 97.0 Å². The van der Waals surface area contributed by atoms with E-state index >= 15 is 0 Å². The van der Waals surface area contributed by atoms with Gasteiger partial charge < -0.3 is 97.0 Å². The van der Waals surface area contributed by atoms with Crippen molar-refractivity contribution in [3.63, 3.8) is 0 Å². The Kier molecular flexibility index (Phi) is 7.15. The predicted octanol–water partition coefficient (Wildman–Crippen LogP) is 4.55. The first kappa shape index (κ1) is 34.9. The average molecular weight is 761 g/mol. The molecule has 0 unspecified atom stereocenters. The number of hydrogen-bond donors (Lipinski definition) is 19. The van der Waals surface area contributed by atoms with Gasteiger partial charge in [0.2, 0.25) is 51.7 Å². The normalized spacial score (nSPS) is 11.6. The highest BCUT2D eigenvalue weighted by molar-refractivity contribution is 6.33. The van der Waals surface area contributed by atoms with E-state index in [2.05, 4.69) is 0 Å². The molecular weight excluding hydrogens is 736 g/mol. The SMILES string of the molecule is Oc1c(O)c(O)c(-c2c3c(O)c(O)c(O)c(O)c3c(-c3c(O)c(O)c(-c4ccccc4)c4c(O)c(O)c(O)c(O)c34)c3c(O)c(O)c(O)c(O)c23)c(O)c1O. The molecular formula is C36H24O19. The molecule has 0 aromatic heterocycles. The summed E-state index contributed by atoms with van der Waals surface area (Å²) < 4.78 is 0. The van der Waals surface area contributed by atoms with Crippen LogP contribution < -0.4 is 0 Å². The van der Waals surface area contributed by atoms with Crippen molar-refractivity contribution in [3.05, 3.63) is 30.3 Å². The second kappa shape index (κ2) is 11.3. The Morgan fingerprint density at radius 3 is 0.745 bits per heavy atom. The summed E-state index contributed by atoms with van der Waals surface area (Å²) in [5, 5.41) is 203. The van der Waals surface area contributed by atoms with E-state index < -0.39 is 169 Å². The van der Waals surface area contributed by atoms with Crippen LogP contribution in [0.5, 0.6) is 109 Å². The van der Waals surface area contributed by atoms with E-state index in [0.29, 0.717) is 0 Å². The fourth-order valence-corrected chi connectivity index (χ4v) is 6.83. The molecule has 0 aliphatic heterocycles. The highest BCUT2D eigenvalue weighted by atomic mass is 16.4. The molecule has 0 saturated heterocycles. The average Bonchev–Trinajstić information content (AvgIpc) is 3.17. The van der Waals surface area contributed by atoms with Crippen molar-refractivity contribution in [2.24, 2.45) is 0 Å². The second-order valence-corrected chi connectivity index (χ2v) is 12.1. The molecule has 0 radical (unpaired) electrons. The minimum atomic E-state index is -1.60. The minimum Gasteiger partial charge on any atom is -0.504 e. The largest absolute Gasteiger partial charge is 0.504 e. The molecule has 19 N–H and O–H groups in total. The van der Waals surface area contributed by atoms with Crippen molar-refractivity contribution in [1.82, 2.24) is 0 Å². The first-order valence-electron chi connectivity index (χ1n) is 15.2. The third-order valence-corrected chi connectivity index (χ3v) is 9.32. The molecule has 0 amide bonds. The lowest BCUT2D eigenvalue weighted by atomic mass is 9.80. The van der Waals surface area contributed by atoms with Gasteiger partial charge in [-0.15, -0.1) is 0 Å². The Morgan fingerprint density at radius 2 is 0.400 bits per heavy atom. The summed E-state index contributed by atoms with van der Waals surface area (Å²) in [6.07, 6.45) is 0. The van der Waals surface area contributed by atoms with E-state index in [0.717, 1.165) is 0 Å². The summed E-state index contributed by atoms with van der Waals surface area (Å²) in [7, 11) is 0. The second-order valence-electron chi connectivity index (χ2n) is 12.1. The first-order valence-corrected chi connectivity index (χ1v) is 15.2. The quantitative estimate of drug-likeness (QED) is 0.0666. The van der Waals surface area contributed by atoms with Gasteiger partial charge in [0.25, 0.3) is 0 Å². The van der Waals surface area contributed by atoms with Gasteiger partial charge in [0.15, 0.2) is 57.5 Å². The maximum atomic E-state index is 11.9. The standard InChI is InChI=1S/C36H24O19/c37-18-7(6-4-2-1-3-5-6)10-16(25(44)33(52)28(47)20(10)39)13(19(18)38)8-11-14(23(42)31(50)29(48)21(11)40)9(15-12(8)22(41)30(49)32(51)24(15)43)17-26(45)34(53)36(55)35(54)27(17)46/h1-5,37-55H. The molecule has 19 nitrogen and oxygen atoms in total. The smallest absolute Gasteiger partial charge is 0.208 e. The number of rotatable bonds is 3. The highest BCUT2D eigenvalue weighted by Gasteiger charge is 2.39. The topological polar surface area (TPSA) is 384 Å². The van der Waals surface area contributed by atoms with Crippen LogP contribution in [0.3, 0.4) is 0 Å². The minimum absolute atomic E-state index is 0.0271. The fourth-order valence-electron chi connectivity index (χ4n) is 6.83. The van der Waals surface area contributed by atoms with Gasteiger partial charge in [-0.05, 0) is 5.56 Å². The van der Waals surface area contributed by atoms with Gasteiger partial charge in [0.1, 0.15) is 0 Å². The van der Waals surface area contributed by atoms with E-state index in [1.165, 1.54) is 30.3 Å².